The zero-order valence-electron chi connectivity index (χ0n) is 12.5. The van der Waals surface area contributed by atoms with Crippen LogP contribution in [0, 0.1) is 10.1 Å². The Morgan fingerprint density at radius 1 is 1.09 bits per heavy atom. The lowest BCUT2D eigenvalue weighted by Crippen LogP contribution is -2.25. The van der Waals surface area contributed by atoms with Gasteiger partial charge in [-0.05, 0) is 17.7 Å². The van der Waals surface area contributed by atoms with E-state index in [0.717, 1.165) is 0 Å². The number of nitrogens with zero attached hydrogens (tertiary/aromatic N) is 1. The molecule has 0 spiro atoms. The number of rotatable bonds is 4. The summed E-state index contributed by atoms with van der Waals surface area (Å²) < 4.78 is 5.34. The van der Waals surface area contributed by atoms with Gasteiger partial charge in [0.25, 0.3) is 0 Å². The number of para-hydroxylation sites is 1. The number of hydrogen-bond acceptors (Lipinski definition) is 4. The third-order valence-electron chi connectivity index (χ3n) is 4.15. The maximum absolute atomic E-state index is 11.8. The summed E-state index contributed by atoms with van der Waals surface area (Å²) in [5.41, 5.74) is 2.35. The molecule has 2 aromatic carbocycles. The van der Waals surface area contributed by atoms with Crippen LogP contribution >= 0.6 is 0 Å². The Bertz CT molecular complexity index is 797. The molecule has 116 valence electrons. The number of fused-ring (bicyclic) bond motifs is 1. The molecule has 2 aromatic rings. The molecule has 0 bridgehead atoms. The van der Waals surface area contributed by atoms with Crippen LogP contribution in [-0.2, 0) is 4.79 Å². The SMILES string of the molecule is COc1ccccc1[C@@H]1C(C=O)=Cc2ccccc2[C@H]1[N+](=O)[O-]. The molecule has 5 heteroatoms. The first-order chi connectivity index (χ1) is 11.2. The fourth-order valence-electron chi connectivity index (χ4n) is 3.16. The largest absolute Gasteiger partial charge is 0.496 e. The molecule has 1 aliphatic carbocycles. The number of carbonyl (C=O) groups is 1. The molecule has 0 N–H and O–H groups in total. The van der Waals surface area contributed by atoms with E-state index >= 15 is 0 Å². The van der Waals surface area contributed by atoms with E-state index in [4.69, 9.17) is 4.74 Å². The lowest BCUT2D eigenvalue weighted by Gasteiger charge is -2.28. The van der Waals surface area contributed by atoms with Crippen LogP contribution in [0.2, 0.25) is 0 Å². The van der Waals surface area contributed by atoms with Gasteiger partial charge in [-0.1, -0.05) is 42.5 Å². The van der Waals surface area contributed by atoms with Gasteiger partial charge >= 0.3 is 0 Å². The third-order valence-corrected chi connectivity index (χ3v) is 4.15. The maximum atomic E-state index is 11.8. The summed E-state index contributed by atoms with van der Waals surface area (Å²) in [5.74, 6) is -0.134. The number of ether oxygens (including phenoxy) is 1. The topological polar surface area (TPSA) is 69.4 Å². The Balaban J connectivity index is 2.25. The lowest BCUT2D eigenvalue weighted by atomic mass is 9.76. The van der Waals surface area contributed by atoms with Gasteiger partial charge in [0.15, 0.2) is 0 Å². The Kier molecular flexibility index (Phi) is 3.93. The number of aldehydes is 1. The Morgan fingerprint density at radius 2 is 1.74 bits per heavy atom. The van der Waals surface area contributed by atoms with E-state index in [0.29, 0.717) is 34.3 Å². The van der Waals surface area contributed by atoms with Gasteiger partial charge in [-0.15, -0.1) is 0 Å². The van der Waals surface area contributed by atoms with Gasteiger partial charge in [-0.2, -0.15) is 0 Å². The van der Waals surface area contributed by atoms with Crippen LogP contribution in [0.15, 0.2) is 54.1 Å². The standard InChI is InChI=1S/C18H15NO4/c1-23-16-9-5-4-8-15(16)17-13(11-20)10-12-6-2-3-7-14(12)18(17)19(21)22/h2-11,17-18H,1H3/t17-,18+/m0/s1. The van der Waals surface area contributed by atoms with Crippen molar-refractivity contribution in [2.45, 2.75) is 12.0 Å². The van der Waals surface area contributed by atoms with E-state index in [1.807, 2.05) is 0 Å². The molecule has 0 amide bonds. The van der Waals surface area contributed by atoms with E-state index in [1.165, 1.54) is 7.11 Å². The highest BCUT2D eigenvalue weighted by molar-refractivity contribution is 5.87. The molecule has 0 aliphatic heterocycles. The first-order valence-corrected chi connectivity index (χ1v) is 7.19. The Morgan fingerprint density at radius 3 is 2.39 bits per heavy atom. The summed E-state index contributed by atoms with van der Waals surface area (Å²) in [6.45, 7) is 0. The van der Waals surface area contributed by atoms with Crippen molar-refractivity contribution in [3.05, 3.63) is 80.9 Å². The number of benzene rings is 2. The van der Waals surface area contributed by atoms with Gasteiger partial charge in [0, 0.05) is 21.6 Å². The van der Waals surface area contributed by atoms with Crippen LogP contribution in [0.5, 0.6) is 5.75 Å². The van der Waals surface area contributed by atoms with Crippen molar-refractivity contribution >= 4 is 12.4 Å². The summed E-state index contributed by atoms with van der Waals surface area (Å²) in [6, 6.07) is 13.2. The Hall–Kier alpha value is -2.95. The summed E-state index contributed by atoms with van der Waals surface area (Å²) in [5, 5.41) is 11.8. The van der Waals surface area contributed by atoms with E-state index in [2.05, 4.69) is 0 Å². The minimum Gasteiger partial charge on any atom is -0.496 e. The van der Waals surface area contributed by atoms with Crippen molar-refractivity contribution in [2.75, 3.05) is 7.11 Å². The van der Waals surface area contributed by atoms with E-state index < -0.39 is 12.0 Å². The summed E-state index contributed by atoms with van der Waals surface area (Å²) in [7, 11) is 1.51. The highest BCUT2D eigenvalue weighted by atomic mass is 16.6. The lowest BCUT2D eigenvalue weighted by molar-refractivity contribution is -0.532. The van der Waals surface area contributed by atoms with Crippen molar-refractivity contribution in [3.63, 3.8) is 0 Å². The number of hydrogen-bond donors (Lipinski definition) is 0. The number of nitro groups is 1. The average molecular weight is 309 g/mol. The van der Waals surface area contributed by atoms with Gasteiger partial charge in [-0.25, -0.2) is 0 Å². The summed E-state index contributed by atoms with van der Waals surface area (Å²) >= 11 is 0. The monoisotopic (exact) mass is 309 g/mol. The average Bonchev–Trinajstić information content (AvgIpc) is 2.59. The fourth-order valence-corrected chi connectivity index (χ4v) is 3.16. The molecule has 3 rings (SSSR count). The van der Waals surface area contributed by atoms with E-state index in [-0.39, 0.29) is 4.92 Å². The molecule has 2 atom stereocenters. The number of methoxy groups -OCH3 is 1. The molecular formula is C18H15NO4. The molecule has 1 aliphatic rings. The smallest absolute Gasteiger partial charge is 0.249 e. The van der Waals surface area contributed by atoms with Crippen LogP contribution in [0.1, 0.15) is 28.7 Å². The number of carbonyl (C=O) groups excluding carboxylic acids is 1. The zero-order valence-corrected chi connectivity index (χ0v) is 12.5. The highest BCUT2D eigenvalue weighted by Gasteiger charge is 2.42. The van der Waals surface area contributed by atoms with Gasteiger partial charge in [0.2, 0.25) is 6.04 Å². The molecule has 0 heterocycles. The predicted octanol–water partition coefficient (Wildman–Crippen LogP) is 3.39. The van der Waals surface area contributed by atoms with Crippen molar-refractivity contribution in [1.29, 1.82) is 0 Å². The van der Waals surface area contributed by atoms with Crippen LogP contribution in [0.3, 0.4) is 0 Å². The van der Waals surface area contributed by atoms with Gasteiger partial charge in [-0.3, -0.25) is 14.9 Å². The molecule has 23 heavy (non-hydrogen) atoms. The minimum absolute atomic E-state index is 0.327. The minimum atomic E-state index is -1.02. The highest BCUT2D eigenvalue weighted by Crippen LogP contribution is 2.46. The summed E-state index contributed by atoms with van der Waals surface area (Å²) in [6.07, 6.45) is 2.42. The second-order valence-corrected chi connectivity index (χ2v) is 5.34. The first-order valence-electron chi connectivity index (χ1n) is 7.19. The summed E-state index contributed by atoms with van der Waals surface area (Å²) in [4.78, 5) is 23.0. The van der Waals surface area contributed by atoms with Crippen molar-refractivity contribution < 1.29 is 14.5 Å². The van der Waals surface area contributed by atoms with Crippen molar-refractivity contribution in [1.82, 2.24) is 0 Å². The molecule has 0 aromatic heterocycles. The van der Waals surface area contributed by atoms with Gasteiger partial charge in [0.05, 0.1) is 13.0 Å². The second kappa shape index (κ2) is 6.04. The molecule has 0 fully saturated rings. The maximum Gasteiger partial charge on any atom is 0.249 e. The van der Waals surface area contributed by atoms with Crippen LogP contribution in [0.4, 0.5) is 0 Å². The molecule has 0 saturated heterocycles. The van der Waals surface area contributed by atoms with Crippen molar-refractivity contribution in [2.24, 2.45) is 0 Å². The van der Waals surface area contributed by atoms with Gasteiger partial charge in [0.1, 0.15) is 12.0 Å². The Labute approximate surface area is 133 Å². The predicted molar refractivity (Wildman–Crippen MR) is 86.0 cm³/mol. The molecule has 0 unspecified atom stereocenters. The van der Waals surface area contributed by atoms with Crippen LogP contribution in [0.25, 0.3) is 6.08 Å². The third kappa shape index (κ3) is 2.50. The van der Waals surface area contributed by atoms with Crippen LogP contribution < -0.4 is 4.74 Å². The second-order valence-electron chi connectivity index (χ2n) is 5.34. The zero-order chi connectivity index (χ0) is 16.4. The van der Waals surface area contributed by atoms with E-state index in [9.17, 15) is 14.9 Å². The molecule has 5 nitrogen and oxygen atoms in total. The normalized spacial score (nSPS) is 19.4. The first kappa shape index (κ1) is 15.0. The van der Waals surface area contributed by atoms with Gasteiger partial charge < -0.3 is 4.74 Å². The quantitative estimate of drug-likeness (QED) is 0.493. The molecular weight excluding hydrogens is 294 g/mol. The van der Waals surface area contributed by atoms with Crippen molar-refractivity contribution in [3.8, 4) is 5.75 Å². The van der Waals surface area contributed by atoms with E-state index in [1.54, 1.807) is 54.6 Å². The molecule has 0 saturated carbocycles. The van der Waals surface area contributed by atoms with Crippen LogP contribution in [-0.4, -0.2) is 18.3 Å². The molecule has 0 radical (unpaired) electrons. The fraction of sp³-hybridized carbons (Fsp3) is 0.167.